The van der Waals surface area contributed by atoms with E-state index in [1.807, 2.05) is 12.2 Å². The van der Waals surface area contributed by atoms with Crippen LogP contribution >= 0.6 is 15.9 Å². The zero-order chi connectivity index (χ0) is 13.0. The van der Waals surface area contributed by atoms with Gasteiger partial charge in [0.25, 0.3) is 0 Å². The van der Waals surface area contributed by atoms with Crippen LogP contribution in [0.25, 0.3) is 10.8 Å². The van der Waals surface area contributed by atoms with Crippen LogP contribution in [-0.2, 0) is 0 Å². The highest BCUT2D eigenvalue weighted by Crippen LogP contribution is 2.32. The quantitative estimate of drug-likeness (QED) is 0.718. The minimum Gasteiger partial charge on any atom is -0.364 e. The number of hydrogen-bond acceptors (Lipinski definition) is 1. The van der Waals surface area contributed by atoms with Gasteiger partial charge in [0, 0.05) is 28.6 Å². The van der Waals surface area contributed by atoms with Crippen LogP contribution in [0.4, 0.5) is 5.69 Å². The summed E-state index contributed by atoms with van der Waals surface area (Å²) in [4.78, 5) is 2.26. The average Bonchev–Trinajstić information content (AvgIpc) is 2.39. The molecule has 0 saturated carbocycles. The highest BCUT2D eigenvalue weighted by Gasteiger charge is 2.09. The zero-order valence-corrected chi connectivity index (χ0v) is 11.9. The lowest BCUT2D eigenvalue weighted by Gasteiger charge is -2.23. The molecule has 92 valence electrons. The van der Waals surface area contributed by atoms with Gasteiger partial charge in [-0.3, -0.25) is 0 Å². The summed E-state index contributed by atoms with van der Waals surface area (Å²) in [5.41, 5.74) is 1.22. The van der Waals surface area contributed by atoms with Crippen LogP contribution in [-0.4, -0.2) is 13.1 Å². The lowest BCUT2D eigenvalue weighted by molar-refractivity contribution is 0.963. The molecule has 0 atom stereocenters. The van der Waals surface area contributed by atoms with E-state index in [0.717, 1.165) is 17.6 Å². The molecule has 2 aromatic rings. The van der Waals surface area contributed by atoms with E-state index in [1.165, 1.54) is 16.5 Å². The third kappa shape index (κ3) is 2.49. The summed E-state index contributed by atoms with van der Waals surface area (Å²) in [5, 5.41) is 2.48. The standard InChI is InChI=1S/C16H16BrN/c1-3-11-18(12-4-2)16-10-9-15(17)13-7-5-6-8-14(13)16/h3-10H,1-2,11-12H2. The van der Waals surface area contributed by atoms with Crippen molar-refractivity contribution in [3.63, 3.8) is 0 Å². The van der Waals surface area contributed by atoms with Gasteiger partial charge in [-0.05, 0) is 17.5 Å². The van der Waals surface area contributed by atoms with Crippen LogP contribution in [0, 0.1) is 0 Å². The molecule has 1 nitrogen and oxygen atoms in total. The maximum Gasteiger partial charge on any atom is 0.0452 e. The Hall–Kier alpha value is -1.54. The predicted octanol–water partition coefficient (Wildman–Crippen LogP) is 4.78. The summed E-state index contributed by atoms with van der Waals surface area (Å²) in [7, 11) is 0. The van der Waals surface area contributed by atoms with Crippen molar-refractivity contribution >= 4 is 32.4 Å². The number of fused-ring (bicyclic) bond motifs is 1. The molecule has 0 N–H and O–H groups in total. The minimum atomic E-state index is 0.817. The van der Waals surface area contributed by atoms with Gasteiger partial charge in [-0.2, -0.15) is 0 Å². The highest BCUT2D eigenvalue weighted by molar-refractivity contribution is 9.10. The van der Waals surface area contributed by atoms with Crippen LogP contribution in [0.3, 0.4) is 0 Å². The second-order valence-corrected chi connectivity index (χ2v) is 4.95. The van der Waals surface area contributed by atoms with E-state index in [0.29, 0.717) is 0 Å². The highest BCUT2D eigenvalue weighted by atomic mass is 79.9. The van der Waals surface area contributed by atoms with Crippen molar-refractivity contribution in [3.8, 4) is 0 Å². The predicted molar refractivity (Wildman–Crippen MR) is 84.3 cm³/mol. The molecule has 0 saturated heterocycles. The first-order valence-corrected chi connectivity index (χ1v) is 6.71. The van der Waals surface area contributed by atoms with Crippen molar-refractivity contribution in [2.45, 2.75) is 0 Å². The van der Waals surface area contributed by atoms with E-state index in [2.05, 4.69) is 70.4 Å². The van der Waals surface area contributed by atoms with Crippen molar-refractivity contribution in [2.75, 3.05) is 18.0 Å². The second kappa shape index (κ2) is 5.87. The molecule has 2 aromatic carbocycles. The first-order chi connectivity index (χ1) is 8.77. The van der Waals surface area contributed by atoms with Gasteiger partial charge in [-0.1, -0.05) is 52.3 Å². The van der Waals surface area contributed by atoms with Gasteiger partial charge in [0.1, 0.15) is 0 Å². The molecule has 0 aliphatic carbocycles. The Morgan fingerprint density at radius 1 is 0.944 bits per heavy atom. The van der Waals surface area contributed by atoms with Gasteiger partial charge >= 0.3 is 0 Å². The molecule has 0 fully saturated rings. The van der Waals surface area contributed by atoms with E-state index < -0.39 is 0 Å². The van der Waals surface area contributed by atoms with Gasteiger partial charge in [0.05, 0.1) is 0 Å². The van der Waals surface area contributed by atoms with E-state index in [1.54, 1.807) is 0 Å². The number of hydrogen-bond donors (Lipinski definition) is 0. The van der Waals surface area contributed by atoms with Crippen LogP contribution in [0.15, 0.2) is 66.2 Å². The molecule has 0 aliphatic rings. The molecule has 0 bridgehead atoms. The van der Waals surface area contributed by atoms with Gasteiger partial charge < -0.3 is 4.90 Å². The molecule has 0 radical (unpaired) electrons. The first-order valence-electron chi connectivity index (χ1n) is 5.92. The third-order valence-corrected chi connectivity index (χ3v) is 3.58. The first kappa shape index (κ1) is 12.9. The van der Waals surface area contributed by atoms with Crippen molar-refractivity contribution < 1.29 is 0 Å². The molecule has 0 unspecified atom stereocenters. The van der Waals surface area contributed by atoms with E-state index in [-0.39, 0.29) is 0 Å². The average molecular weight is 302 g/mol. The lowest BCUT2D eigenvalue weighted by Crippen LogP contribution is -2.23. The Labute approximate surface area is 117 Å². The van der Waals surface area contributed by atoms with Gasteiger partial charge in [-0.25, -0.2) is 0 Å². The molecule has 2 heteroatoms. The van der Waals surface area contributed by atoms with Crippen molar-refractivity contribution in [1.82, 2.24) is 0 Å². The molecule has 0 heterocycles. The molecular weight excluding hydrogens is 286 g/mol. The summed E-state index contributed by atoms with van der Waals surface area (Å²) in [6.07, 6.45) is 3.83. The zero-order valence-electron chi connectivity index (χ0n) is 10.3. The largest absolute Gasteiger partial charge is 0.364 e. The van der Waals surface area contributed by atoms with Gasteiger partial charge in [0.2, 0.25) is 0 Å². The number of nitrogens with zero attached hydrogens (tertiary/aromatic N) is 1. The molecule has 2 rings (SSSR count). The van der Waals surface area contributed by atoms with Crippen LogP contribution in [0.5, 0.6) is 0 Å². The number of halogens is 1. The molecule has 0 aromatic heterocycles. The number of rotatable bonds is 5. The van der Waals surface area contributed by atoms with Crippen molar-refractivity contribution in [2.24, 2.45) is 0 Å². The Morgan fingerprint density at radius 2 is 1.56 bits per heavy atom. The molecule has 0 spiro atoms. The normalized spacial score (nSPS) is 10.3. The summed E-state index contributed by atoms with van der Waals surface area (Å²) in [5.74, 6) is 0. The molecule has 0 aliphatic heterocycles. The molecule has 0 amide bonds. The van der Waals surface area contributed by atoms with Crippen LogP contribution in [0.1, 0.15) is 0 Å². The fourth-order valence-electron chi connectivity index (χ4n) is 2.11. The summed E-state index contributed by atoms with van der Waals surface area (Å²) in [6.45, 7) is 9.28. The van der Waals surface area contributed by atoms with Gasteiger partial charge in [0.15, 0.2) is 0 Å². The van der Waals surface area contributed by atoms with Crippen LogP contribution in [0.2, 0.25) is 0 Å². The summed E-state index contributed by atoms with van der Waals surface area (Å²) < 4.78 is 1.12. The number of benzene rings is 2. The van der Waals surface area contributed by atoms with Gasteiger partial charge in [-0.15, -0.1) is 13.2 Å². The smallest absolute Gasteiger partial charge is 0.0452 e. The fourth-order valence-corrected chi connectivity index (χ4v) is 2.58. The maximum atomic E-state index is 3.82. The van der Waals surface area contributed by atoms with E-state index >= 15 is 0 Å². The van der Waals surface area contributed by atoms with Crippen LogP contribution < -0.4 is 4.90 Å². The van der Waals surface area contributed by atoms with E-state index in [9.17, 15) is 0 Å². The van der Waals surface area contributed by atoms with E-state index in [4.69, 9.17) is 0 Å². The number of anilines is 1. The Morgan fingerprint density at radius 3 is 2.17 bits per heavy atom. The minimum absolute atomic E-state index is 0.817. The monoisotopic (exact) mass is 301 g/mol. The SMILES string of the molecule is C=CCN(CC=C)c1ccc(Br)c2ccccc12. The molecular formula is C16H16BrN. The maximum absolute atomic E-state index is 3.82. The fraction of sp³-hybridized carbons (Fsp3) is 0.125. The summed E-state index contributed by atoms with van der Waals surface area (Å²) in [6, 6.07) is 12.6. The Balaban J connectivity index is 2.58. The summed E-state index contributed by atoms with van der Waals surface area (Å²) >= 11 is 3.60. The van der Waals surface area contributed by atoms with Crippen molar-refractivity contribution in [3.05, 3.63) is 66.2 Å². The lowest BCUT2D eigenvalue weighted by atomic mass is 10.1. The third-order valence-electron chi connectivity index (χ3n) is 2.89. The van der Waals surface area contributed by atoms with Crippen molar-refractivity contribution in [1.29, 1.82) is 0 Å². The Bertz CT molecular complexity index is 564. The topological polar surface area (TPSA) is 3.24 Å². The molecule has 18 heavy (non-hydrogen) atoms. The Kier molecular flexibility index (Phi) is 4.21. The second-order valence-electron chi connectivity index (χ2n) is 4.09.